The normalized spacial score (nSPS) is 14.2. The van der Waals surface area contributed by atoms with E-state index in [0.29, 0.717) is 6.42 Å². The molecule has 98 valence electrons. The van der Waals surface area contributed by atoms with Crippen molar-refractivity contribution in [3.8, 4) is 0 Å². The van der Waals surface area contributed by atoms with Gasteiger partial charge in [-0.15, -0.1) is 0 Å². The molecule has 1 aromatic rings. The number of aryl methyl sites for hydroxylation is 1. The molecule has 3 N–H and O–H groups in total. The molecule has 1 aromatic carbocycles. The van der Waals surface area contributed by atoms with Crippen molar-refractivity contribution in [2.45, 2.75) is 32.2 Å². The molecule has 1 rings (SSSR count). The van der Waals surface area contributed by atoms with Gasteiger partial charge in [-0.25, -0.2) is 4.79 Å². The molecule has 18 heavy (non-hydrogen) atoms. The fraction of sp³-hybridized carbons (Fsp3) is 0.429. The number of rotatable bonds is 6. The smallest absolute Gasteiger partial charge is 0.331 e. The zero-order valence-corrected chi connectivity index (χ0v) is 10.7. The van der Waals surface area contributed by atoms with Crippen LogP contribution < -0.4 is 5.73 Å². The van der Waals surface area contributed by atoms with Crippen LogP contribution in [-0.4, -0.2) is 22.4 Å². The van der Waals surface area contributed by atoms with E-state index in [2.05, 4.69) is 0 Å². The average Bonchev–Trinajstić information content (AvgIpc) is 2.35. The van der Waals surface area contributed by atoms with Crippen LogP contribution in [0, 0.1) is 5.92 Å². The molecule has 0 radical (unpaired) electrons. The first-order valence-corrected chi connectivity index (χ1v) is 5.98. The van der Waals surface area contributed by atoms with Gasteiger partial charge in [0.1, 0.15) is 0 Å². The summed E-state index contributed by atoms with van der Waals surface area (Å²) in [6.07, 6.45) is 0.656. The van der Waals surface area contributed by atoms with Gasteiger partial charge in [0.05, 0.1) is 0 Å². The molecule has 4 nitrogen and oxygen atoms in total. The van der Waals surface area contributed by atoms with Crippen molar-refractivity contribution >= 4 is 11.8 Å². The maximum Gasteiger partial charge on any atom is 0.331 e. The van der Waals surface area contributed by atoms with E-state index in [1.807, 2.05) is 30.3 Å². The van der Waals surface area contributed by atoms with Gasteiger partial charge in [0.2, 0.25) is 0 Å². The summed E-state index contributed by atoms with van der Waals surface area (Å²) in [5.74, 6) is -2.11. The van der Waals surface area contributed by atoms with Gasteiger partial charge in [-0.3, -0.25) is 4.79 Å². The monoisotopic (exact) mass is 249 g/mol. The maximum absolute atomic E-state index is 12.0. The number of aliphatic carboxylic acids is 1. The Kier molecular flexibility index (Phi) is 4.62. The Morgan fingerprint density at radius 1 is 1.28 bits per heavy atom. The van der Waals surface area contributed by atoms with Gasteiger partial charge in [0, 0.05) is 6.42 Å². The number of hydrogen-bond acceptors (Lipinski definition) is 3. The molecule has 0 aliphatic heterocycles. The van der Waals surface area contributed by atoms with Gasteiger partial charge < -0.3 is 10.8 Å². The molecule has 0 aliphatic rings. The summed E-state index contributed by atoms with van der Waals surface area (Å²) in [7, 11) is 0. The number of Topliss-reactive ketones (excluding diaryl/α,β-unsaturated/α-hetero) is 1. The van der Waals surface area contributed by atoms with Crippen LogP contribution in [0.15, 0.2) is 30.3 Å². The van der Waals surface area contributed by atoms with Crippen molar-refractivity contribution < 1.29 is 14.7 Å². The molecule has 0 aromatic heterocycles. The molecular formula is C14H19NO3. The fourth-order valence-electron chi connectivity index (χ4n) is 1.80. The van der Waals surface area contributed by atoms with Crippen LogP contribution in [0.4, 0.5) is 0 Å². The van der Waals surface area contributed by atoms with Crippen LogP contribution in [0.2, 0.25) is 0 Å². The molecule has 0 fully saturated rings. The molecule has 0 spiro atoms. The van der Waals surface area contributed by atoms with E-state index < -0.39 is 23.2 Å². The number of nitrogens with two attached hydrogens (primary N) is 1. The van der Waals surface area contributed by atoms with Gasteiger partial charge >= 0.3 is 5.97 Å². The largest absolute Gasteiger partial charge is 0.480 e. The van der Waals surface area contributed by atoms with Crippen molar-refractivity contribution in [2.75, 3.05) is 0 Å². The van der Waals surface area contributed by atoms with Crippen LogP contribution in [0.25, 0.3) is 0 Å². The first kappa shape index (κ1) is 14.4. The van der Waals surface area contributed by atoms with Crippen molar-refractivity contribution in [2.24, 2.45) is 11.7 Å². The van der Waals surface area contributed by atoms with E-state index in [1.165, 1.54) is 0 Å². The first-order chi connectivity index (χ1) is 8.39. The molecule has 0 unspecified atom stereocenters. The zero-order valence-electron chi connectivity index (χ0n) is 10.7. The number of carboxylic acid groups (broad SMARTS) is 1. The van der Waals surface area contributed by atoms with E-state index in [9.17, 15) is 9.59 Å². The summed E-state index contributed by atoms with van der Waals surface area (Å²) >= 11 is 0. The lowest BCUT2D eigenvalue weighted by Crippen LogP contribution is -2.58. The van der Waals surface area contributed by atoms with Gasteiger partial charge in [-0.05, 0) is 17.9 Å². The van der Waals surface area contributed by atoms with E-state index in [1.54, 1.807) is 13.8 Å². The van der Waals surface area contributed by atoms with Gasteiger partial charge in [0.15, 0.2) is 11.3 Å². The Morgan fingerprint density at radius 2 is 1.83 bits per heavy atom. The average molecular weight is 249 g/mol. The summed E-state index contributed by atoms with van der Waals surface area (Å²) < 4.78 is 0. The topological polar surface area (TPSA) is 80.4 Å². The minimum atomic E-state index is -1.78. The Hall–Kier alpha value is -1.68. The number of ketones is 1. The van der Waals surface area contributed by atoms with E-state index in [-0.39, 0.29) is 6.42 Å². The lowest BCUT2D eigenvalue weighted by atomic mass is 9.81. The summed E-state index contributed by atoms with van der Waals surface area (Å²) in [5.41, 5.74) is 4.96. The molecule has 4 heteroatoms. The minimum Gasteiger partial charge on any atom is -0.480 e. The molecule has 0 saturated heterocycles. The third-order valence-corrected chi connectivity index (χ3v) is 3.21. The van der Waals surface area contributed by atoms with Crippen molar-refractivity contribution in [1.29, 1.82) is 0 Å². The summed E-state index contributed by atoms with van der Waals surface area (Å²) in [4.78, 5) is 23.2. The number of hydrogen-bond donors (Lipinski definition) is 2. The zero-order chi connectivity index (χ0) is 13.8. The minimum absolute atomic E-state index is 0.144. The Labute approximate surface area is 107 Å². The molecule has 0 heterocycles. The van der Waals surface area contributed by atoms with Crippen LogP contribution in [0.5, 0.6) is 0 Å². The van der Waals surface area contributed by atoms with Crippen molar-refractivity contribution in [1.82, 2.24) is 0 Å². The number of carbonyl (C=O) groups is 2. The molecule has 0 saturated carbocycles. The third kappa shape index (κ3) is 2.96. The highest BCUT2D eigenvalue weighted by atomic mass is 16.4. The lowest BCUT2D eigenvalue weighted by Gasteiger charge is -2.27. The predicted octanol–water partition coefficient (Wildman–Crippen LogP) is 1.63. The van der Waals surface area contributed by atoms with Crippen molar-refractivity contribution in [3.63, 3.8) is 0 Å². The van der Waals surface area contributed by atoms with Crippen LogP contribution in [-0.2, 0) is 16.0 Å². The fourth-order valence-corrected chi connectivity index (χ4v) is 1.80. The number of carboxylic acids is 1. The van der Waals surface area contributed by atoms with Gasteiger partial charge in [-0.1, -0.05) is 44.2 Å². The third-order valence-electron chi connectivity index (χ3n) is 3.21. The highest BCUT2D eigenvalue weighted by Gasteiger charge is 2.44. The van der Waals surface area contributed by atoms with E-state index in [0.717, 1.165) is 5.56 Å². The van der Waals surface area contributed by atoms with Crippen molar-refractivity contribution in [3.05, 3.63) is 35.9 Å². The Balaban J connectivity index is 2.73. The summed E-state index contributed by atoms with van der Waals surface area (Å²) in [6, 6.07) is 9.47. The highest BCUT2D eigenvalue weighted by molar-refractivity contribution is 6.07. The Morgan fingerprint density at radius 3 is 2.28 bits per heavy atom. The molecular weight excluding hydrogens is 230 g/mol. The molecule has 0 bridgehead atoms. The predicted molar refractivity (Wildman–Crippen MR) is 69.2 cm³/mol. The van der Waals surface area contributed by atoms with Gasteiger partial charge in [0.25, 0.3) is 0 Å². The van der Waals surface area contributed by atoms with Crippen LogP contribution in [0.1, 0.15) is 25.8 Å². The van der Waals surface area contributed by atoms with Crippen LogP contribution >= 0.6 is 0 Å². The van der Waals surface area contributed by atoms with Crippen LogP contribution in [0.3, 0.4) is 0 Å². The SMILES string of the molecule is CC(C)[C@@](N)(C(=O)O)C(=O)CCc1ccccc1. The molecule has 0 aliphatic carbocycles. The highest BCUT2D eigenvalue weighted by Crippen LogP contribution is 2.18. The molecule has 1 atom stereocenters. The standard InChI is InChI=1S/C14H19NO3/c1-10(2)14(15,13(17)18)12(16)9-8-11-6-4-3-5-7-11/h3-7,10H,8-9,15H2,1-2H3,(H,17,18)/t14-/m0/s1. The Bertz CT molecular complexity index is 428. The second-order valence-electron chi connectivity index (χ2n) is 4.74. The van der Waals surface area contributed by atoms with E-state index >= 15 is 0 Å². The second kappa shape index (κ2) is 5.78. The summed E-state index contributed by atoms with van der Waals surface area (Å²) in [6.45, 7) is 3.29. The number of benzene rings is 1. The maximum atomic E-state index is 12.0. The molecule has 0 amide bonds. The van der Waals surface area contributed by atoms with E-state index in [4.69, 9.17) is 10.8 Å². The van der Waals surface area contributed by atoms with Gasteiger partial charge in [-0.2, -0.15) is 0 Å². The first-order valence-electron chi connectivity index (χ1n) is 5.98. The lowest BCUT2D eigenvalue weighted by molar-refractivity contribution is -0.150. The summed E-state index contributed by atoms with van der Waals surface area (Å²) in [5, 5.41) is 9.12. The number of carbonyl (C=O) groups excluding carboxylic acids is 1. The quantitative estimate of drug-likeness (QED) is 0.751. The second-order valence-corrected chi connectivity index (χ2v) is 4.74.